The normalized spacial score (nSPS) is 19.3. The second kappa shape index (κ2) is 12.4. The molecule has 0 spiro atoms. The summed E-state index contributed by atoms with van der Waals surface area (Å²) < 4.78 is 9.74. The number of piperazine rings is 1. The molecule has 0 radical (unpaired) electrons. The Morgan fingerprint density at radius 3 is 2.38 bits per heavy atom. The van der Waals surface area contributed by atoms with E-state index in [1.54, 1.807) is 14.0 Å². The highest BCUT2D eigenvalue weighted by atomic mass is 32.2. The highest BCUT2D eigenvalue weighted by Crippen LogP contribution is 2.47. The summed E-state index contributed by atoms with van der Waals surface area (Å²) in [5.74, 6) is 0.202. The number of carbonyl (C=O) groups excluding carboxylic acids is 2. The number of para-hydroxylation sites is 3. The molecular formula is C32H37N3O4S. The van der Waals surface area contributed by atoms with E-state index in [2.05, 4.69) is 15.9 Å². The van der Waals surface area contributed by atoms with Crippen LogP contribution in [0.4, 0.5) is 11.4 Å². The highest BCUT2D eigenvalue weighted by molar-refractivity contribution is 8.02. The molecule has 1 atom stereocenters. The van der Waals surface area contributed by atoms with Crippen LogP contribution in [0, 0.1) is 6.92 Å². The first kappa shape index (κ1) is 28.1. The van der Waals surface area contributed by atoms with Gasteiger partial charge in [-0.1, -0.05) is 65.9 Å². The van der Waals surface area contributed by atoms with Gasteiger partial charge in [-0.25, -0.2) is 4.79 Å². The van der Waals surface area contributed by atoms with Crippen molar-refractivity contribution in [3.8, 4) is 5.75 Å². The third kappa shape index (κ3) is 5.69. The lowest BCUT2D eigenvalue weighted by Crippen LogP contribution is -2.58. The number of amides is 1. The molecule has 1 amide bonds. The Morgan fingerprint density at radius 2 is 1.65 bits per heavy atom. The van der Waals surface area contributed by atoms with Gasteiger partial charge in [-0.15, -0.1) is 0 Å². The van der Waals surface area contributed by atoms with Gasteiger partial charge in [0.2, 0.25) is 4.75 Å². The average molecular weight is 560 g/mol. The van der Waals surface area contributed by atoms with Gasteiger partial charge >= 0.3 is 5.97 Å². The summed E-state index contributed by atoms with van der Waals surface area (Å²) >= 11 is 1.33. The molecule has 3 aromatic rings. The largest absolute Gasteiger partial charge is 0.495 e. The van der Waals surface area contributed by atoms with E-state index in [0.717, 1.165) is 59.3 Å². The van der Waals surface area contributed by atoms with E-state index in [0.29, 0.717) is 13.1 Å². The van der Waals surface area contributed by atoms with Crippen LogP contribution in [0.2, 0.25) is 0 Å². The molecule has 1 saturated heterocycles. The Balaban J connectivity index is 1.36. The van der Waals surface area contributed by atoms with Crippen LogP contribution in [-0.4, -0.2) is 74.5 Å². The minimum atomic E-state index is -1.37. The Bertz CT molecular complexity index is 1360. The molecule has 1 unspecified atom stereocenters. The van der Waals surface area contributed by atoms with Crippen LogP contribution in [0.15, 0.2) is 77.7 Å². The second-order valence-corrected chi connectivity index (χ2v) is 11.6. The SMILES string of the molecule is CCOC(=O)C1(Cc2cccc(C)c2)Sc2ccccc2N(CCN2CCN(c3ccccc3OC)CC2)C1=O. The van der Waals surface area contributed by atoms with Crippen molar-refractivity contribution in [2.45, 2.75) is 29.9 Å². The lowest BCUT2D eigenvalue weighted by Gasteiger charge is -2.42. The summed E-state index contributed by atoms with van der Waals surface area (Å²) in [6, 6.07) is 24.0. The summed E-state index contributed by atoms with van der Waals surface area (Å²) in [6.07, 6.45) is 0.277. The minimum Gasteiger partial charge on any atom is -0.495 e. The summed E-state index contributed by atoms with van der Waals surface area (Å²) in [4.78, 5) is 35.4. The Hall–Kier alpha value is -3.49. The number of anilines is 2. The number of aryl methyl sites for hydroxylation is 1. The zero-order valence-electron chi connectivity index (χ0n) is 23.5. The monoisotopic (exact) mass is 559 g/mol. The predicted molar refractivity (Wildman–Crippen MR) is 161 cm³/mol. The molecule has 1 fully saturated rings. The molecule has 210 valence electrons. The second-order valence-electron chi connectivity index (χ2n) is 10.2. The predicted octanol–water partition coefficient (Wildman–Crippen LogP) is 4.81. The molecule has 3 aromatic carbocycles. The van der Waals surface area contributed by atoms with Crippen LogP contribution in [0.5, 0.6) is 5.75 Å². The van der Waals surface area contributed by atoms with E-state index < -0.39 is 10.7 Å². The number of hydrogen-bond donors (Lipinski definition) is 0. The van der Waals surface area contributed by atoms with E-state index in [9.17, 15) is 9.59 Å². The van der Waals surface area contributed by atoms with Crippen LogP contribution < -0.4 is 14.5 Å². The van der Waals surface area contributed by atoms with Crippen molar-refractivity contribution in [2.75, 3.05) is 62.8 Å². The van der Waals surface area contributed by atoms with Crippen molar-refractivity contribution < 1.29 is 19.1 Å². The third-order valence-corrected chi connectivity index (χ3v) is 9.01. The fraction of sp³-hybridized carbons (Fsp3) is 0.375. The molecule has 8 heteroatoms. The number of thioether (sulfide) groups is 1. The van der Waals surface area contributed by atoms with Crippen LogP contribution >= 0.6 is 11.8 Å². The molecule has 0 aliphatic carbocycles. The maximum Gasteiger partial charge on any atom is 0.332 e. The molecule has 0 N–H and O–H groups in total. The molecule has 0 saturated carbocycles. The zero-order valence-corrected chi connectivity index (χ0v) is 24.3. The first-order chi connectivity index (χ1) is 19.4. The van der Waals surface area contributed by atoms with Gasteiger partial charge in [0, 0.05) is 50.6 Å². The molecule has 2 aliphatic heterocycles. The van der Waals surface area contributed by atoms with E-state index in [1.807, 2.05) is 78.6 Å². The molecule has 2 aliphatic rings. The summed E-state index contributed by atoms with van der Waals surface area (Å²) in [5.41, 5.74) is 4.00. The van der Waals surface area contributed by atoms with Crippen molar-refractivity contribution in [1.82, 2.24) is 4.90 Å². The quantitative estimate of drug-likeness (QED) is 0.276. The van der Waals surface area contributed by atoms with Gasteiger partial charge in [0.05, 0.1) is 25.1 Å². The smallest absolute Gasteiger partial charge is 0.332 e. The van der Waals surface area contributed by atoms with E-state index in [1.165, 1.54) is 11.8 Å². The van der Waals surface area contributed by atoms with Gasteiger partial charge in [0.15, 0.2) is 0 Å². The van der Waals surface area contributed by atoms with Crippen LogP contribution in [0.1, 0.15) is 18.1 Å². The van der Waals surface area contributed by atoms with Crippen LogP contribution in [0.3, 0.4) is 0 Å². The molecule has 7 nitrogen and oxygen atoms in total. The number of fused-ring (bicyclic) bond motifs is 1. The van der Waals surface area contributed by atoms with Crippen molar-refractivity contribution >= 4 is 35.0 Å². The third-order valence-electron chi connectivity index (χ3n) is 7.61. The van der Waals surface area contributed by atoms with Gasteiger partial charge in [-0.2, -0.15) is 0 Å². The highest BCUT2D eigenvalue weighted by Gasteiger charge is 2.54. The number of nitrogens with zero attached hydrogens (tertiary/aromatic N) is 3. The number of ether oxygens (including phenoxy) is 2. The maximum atomic E-state index is 14.4. The lowest BCUT2D eigenvalue weighted by atomic mass is 9.95. The lowest BCUT2D eigenvalue weighted by molar-refractivity contribution is -0.149. The van der Waals surface area contributed by atoms with Crippen molar-refractivity contribution in [2.24, 2.45) is 0 Å². The molecule has 40 heavy (non-hydrogen) atoms. The molecule has 0 aromatic heterocycles. The summed E-state index contributed by atoms with van der Waals surface area (Å²) in [6.45, 7) is 8.75. The van der Waals surface area contributed by atoms with Gasteiger partial charge in [-0.05, 0) is 43.7 Å². The average Bonchev–Trinajstić information content (AvgIpc) is 2.97. The van der Waals surface area contributed by atoms with Crippen molar-refractivity contribution in [3.63, 3.8) is 0 Å². The first-order valence-corrected chi connectivity index (χ1v) is 14.7. The molecule has 0 bridgehead atoms. The first-order valence-electron chi connectivity index (χ1n) is 13.9. The van der Waals surface area contributed by atoms with Gasteiger partial charge in [-0.3, -0.25) is 9.69 Å². The van der Waals surface area contributed by atoms with E-state index >= 15 is 0 Å². The van der Waals surface area contributed by atoms with Gasteiger partial charge in [0.25, 0.3) is 5.91 Å². The van der Waals surface area contributed by atoms with E-state index in [4.69, 9.17) is 9.47 Å². The molecule has 2 heterocycles. The number of methoxy groups -OCH3 is 1. The standard InChI is InChI=1S/C32H37N3O4S/c1-4-39-31(37)32(23-25-11-9-10-24(2)22-25)30(36)35(27-13-6-8-15-29(27)40-32)21-18-33-16-19-34(20-17-33)26-12-5-7-14-28(26)38-3/h5-15,22H,4,16-21,23H2,1-3H3. The fourth-order valence-corrected chi connectivity index (χ4v) is 6.95. The maximum absolute atomic E-state index is 14.4. The van der Waals surface area contributed by atoms with Crippen molar-refractivity contribution in [3.05, 3.63) is 83.9 Å². The van der Waals surface area contributed by atoms with Gasteiger partial charge < -0.3 is 19.3 Å². The Labute approximate surface area is 241 Å². The number of hydrogen-bond acceptors (Lipinski definition) is 7. The number of rotatable bonds is 9. The van der Waals surface area contributed by atoms with Gasteiger partial charge in [0.1, 0.15) is 5.75 Å². The molecule has 5 rings (SSSR count). The molecular weight excluding hydrogens is 522 g/mol. The Morgan fingerprint density at radius 1 is 0.925 bits per heavy atom. The van der Waals surface area contributed by atoms with Crippen LogP contribution in [-0.2, 0) is 20.7 Å². The minimum absolute atomic E-state index is 0.205. The van der Waals surface area contributed by atoms with Crippen molar-refractivity contribution in [1.29, 1.82) is 0 Å². The topological polar surface area (TPSA) is 62.3 Å². The number of carbonyl (C=O) groups is 2. The summed E-state index contributed by atoms with van der Waals surface area (Å²) in [7, 11) is 1.70. The number of esters is 1. The summed E-state index contributed by atoms with van der Waals surface area (Å²) in [5, 5.41) is 0. The number of benzene rings is 3. The zero-order chi connectivity index (χ0) is 28.1. The Kier molecular flexibility index (Phi) is 8.66. The van der Waals surface area contributed by atoms with Crippen LogP contribution in [0.25, 0.3) is 0 Å². The fourth-order valence-electron chi connectivity index (χ4n) is 5.56. The van der Waals surface area contributed by atoms with E-state index in [-0.39, 0.29) is 18.9 Å².